The van der Waals surface area contributed by atoms with E-state index in [-0.39, 0.29) is 5.57 Å². The average Bonchev–Trinajstić information content (AvgIpc) is 2.68. The molecule has 0 unspecified atom stereocenters. The summed E-state index contributed by atoms with van der Waals surface area (Å²) in [4.78, 5) is 12.1. The predicted molar refractivity (Wildman–Crippen MR) is 103 cm³/mol. The fraction of sp³-hybridized carbons (Fsp3) is 0.238. The number of rotatable bonds is 9. The summed E-state index contributed by atoms with van der Waals surface area (Å²) in [5.74, 6) is 0.269. The van der Waals surface area contributed by atoms with Gasteiger partial charge in [0.1, 0.15) is 17.4 Å². The highest BCUT2D eigenvalue weighted by atomic mass is 16.5. The van der Waals surface area contributed by atoms with Crippen LogP contribution in [0.15, 0.2) is 66.4 Å². The molecule has 1 amide bonds. The maximum absolute atomic E-state index is 12.1. The number of carbonyl (C=O) groups is 1. The minimum absolute atomic E-state index is 0.0453. The predicted octanol–water partition coefficient (Wildman–Crippen LogP) is 3.65. The Hall–Kier alpha value is -3.26. The van der Waals surface area contributed by atoms with E-state index in [1.807, 2.05) is 24.3 Å². The van der Waals surface area contributed by atoms with Crippen LogP contribution in [0.5, 0.6) is 5.75 Å². The quantitative estimate of drug-likeness (QED) is 0.412. The third-order valence-corrected chi connectivity index (χ3v) is 3.84. The number of hydrogen-bond acceptors (Lipinski definition) is 4. The highest BCUT2D eigenvalue weighted by Gasteiger charge is 2.09. The molecule has 2 N–H and O–H groups in total. The Morgan fingerprint density at radius 1 is 1.12 bits per heavy atom. The topological polar surface area (TPSA) is 74.1 Å². The van der Waals surface area contributed by atoms with Crippen LogP contribution in [0, 0.1) is 11.3 Å². The van der Waals surface area contributed by atoms with Gasteiger partial charge in [0.05, 0.1) is 7.11 Å². The van der Waals surface area contributed by atoms with Crippen LogP contribution in [0.3, 0.4) is 0 Å². The molecule has 0 radical (unpaired) electrons. The molecule has 0 spiro atoms. The molecule has 26 heavy (non-hydrogen) atoms. The minimum atomic E-state index is -0.436. The summed E-state index contributed by atoms with van der Waals surface area (Å²) >= 11 is 0. The third kappa shape index (κ3) is 6.33. The first-order chi connectivity index (χ1) is 12.7. The van der Waals surface area contributed by atoms with Crippen LogP contribution in [0.1, 0.15) is 18.4 Å². The first kappa shape index (κ1) is 19.1. The van der Waals surface area contributed by atoms with Crippen molar-refractivity contribution in [2.24, 2.45) is 0 Å². The fourth-order valence-corrected chi connectivity index (χ4v) is 2.40. The van der Waals surface area contributed by atoms with Gasteiger partial charge in [0.25, 0.3) is 5.91 Å². The van der Waals surface area contributed by atoms with E-state index in [4.69, 9.17) is 10.00 Å². The van der Waals surface area contributed by atoms with E-state index in [2.05, 4.69) is 22.8 Å². The molecule has 5 heteroatoms. The largest absolute Gasteiger partial charge is 0.497 e. The van der Waals surface area contributed by atoms with Crippen LogP contribution in [0.2, 0.25) is 0 Å². The molecule has 0 aliphatic heterocycles. The molecule has 0 aliphatic rings. The number of amides is 1. The summed E-state index contributed by atoms with van der Waals surface area (Å²) in [6.07, 6.45) is 4.51. The second-order valence-electron chi connectivity index (χ2n) is 5.75. The molecule has 0 saturated carbocycles. The normalized spacial score (nSPS) is 10.7. The second kappa shape index (κ2) is 10.6. The molecule has 0 atom stereocenters. The number of ether oxygens (including phenoxy) is 1. The van der Waals surface area contributed by atoms with E-state index in [9.17, 15) is 4.79 Å². The maximum atomic E-state index is 12.1. The summed E-state index contributed by atoms with van der Waals surface area (Å²) in [5, 5.41) is 14.9. The van der Waals surface area contributed by atoms with Crippen LogP contribution in [-0.4, -0.2) is 19.6 Å². The molecule has 2 rings (SSSR count). The lowest BCUT2D eigenvalue weighted by molar-refractivity contribution is -0.112. The smallest absolute Gasteiger partial charge is 0.267 e. The molecule has 0 aromatic heterocycles. The lowest BCUT2D eigenvalue weighted by Crippen LogP contribution is -2.17. The Morgan fingerprint density at radius 2 is 1.85 bits per heavy atom. The van der Waals surface area contributed by atoms with E-state index in [0.717, 1.165) is 19.3 Å². The average molecular weight is 349 g/mol. The standard InChI is InChI=1S/C21H23N3O2/c1-26-20-12-10-19(11-13-20)24-21(25)18(15-22)16-23-14-6-5-9-17-7-3-2-4-8-17/h2-4,7-8,10-13,16,23H,5-6,9,14H2,1H3,(H,24,25)/b18-16-. The lowest BCUT2D eigenvalue weighted by atomic mass is 10.1. The van der Waals surface area contributed by atoms with Crippen molar-refractivity contribution in [3.8, 4) is 11.8 Å². The van der Waals surface area contributed by atoms with E-state index in [1.54, 1.807) is 31.4 Å². The van der Waals surface area contributed by atoms with Crippen molar-refractivity contribution in [1.82, 2.24) is 5.32 Å². The van der Waals surface area contributed by atoms with Gasteiger partial charge < -0.3 is 15.4 Å². The van der Waals surface area contributed by atoms with Crippen LogP contribution < -0.4 is 15.4 Å². The van der Waals surface area contributed by atoms with Crippen molar-refractivity contribution < 1.29 is 9.53 Å². The van der Waals surface area contributed by atoms with Crippen molar-refractivity contribution in [2.75, 3.05) is 19.0 Å². The zero-order valence-electron chi connectivity index (χ0n) is 14.9. The highest BCUT2D eigenvalue weighted by molar-refractivity contribution is 6.06. The fourth-order valence-electron chi connectivity index (χ4n) is 2.40. The van der Waals surface area contributed by atoms with Crippen LogP contribution >= 0.6 is 0 Å². The van der Waals surface area contributed by atoms with Crippen molar-refractivity contribution in [2.45, 2.75) is 19.3 Å². The number of nitrogens with one attached hydrogen (secondary N) is 2. The van der Waals surface area contributed by atoms with Gasteiger partial charge in [0, 0.05) is 18.4 Å². The monoisotopic (exact) mass is 349 g/mol. The van der Waals surface area contributed by atoms with Gasteiger partial charge in [-0.25, -0.2) is 0 Å². The number of aryl methyl sites for hydroxylation is 1. The second-order valence-corrected chi connectivity index (χ2v) is 5.75. The number of anilines is 1. The van der Waals surface area contributed by atoms with Gasteiger partial charge in [0.15, 0.2) is 0 Å². The number of methoxy groups -OCH3 is 1. The zero-order chi connectivity index (χ0) is 18.6. The molecular formula is C21H23N3O2. The first-order valence-electron chi connectivity index (χ1n) is 8.56. The van der Waals surface area contributed by atoms with E-state index in [0.29, 0.717) is 18.0 Å². The molecule has 0 bridgehead atoms. The molecule has 0 aliphatic carbocycles. The maximum Gasteiger partial charge on any atom is 0.267 e. The number of carbonyl (C=O) groups excluding carboxylic acids is 1. The number of unbranched alkanes of at least 4 members (excludes halogenated alkanes) is 1. The molecule has 0 heterocycles. The molecule has 5 nitrogen and oxygen atoms in total. The van der Waals surface area contributed by atoms with Gasteiger partial charge in [-0.15, -0.1) is 0 Å². The van der Waals surface area contributed by atoms with Crippen LogP contribution in [-0.2, 0) is 11.2 Å². The van der Waals surface area contributed by atoms with E-state index in [1.165, 1.54) is 11.8 Å². The molecule has 0 saturated heterocycles. The van der Waals surface area contributed by atoms with Gasteiger partial charge in [-0.3, -0.25) is 4.79 Å². The van der Waals surface area contributed by atoms with Crippen molar-refractivity contribution in [3.05, 3.63) is 71.9 Å². The van der Waals surface area contributed by atoms with Gasteiger partial charge in [-0.1, -0.05) is 30.3 Å². The van der Waals surface area contributed by atoms with Gasteiger partial charge in [0.2, 0.25) is 0 Å². The molecule has 2 aromatic carbocycles. The zero-order valence-corrected chi connectivity index (χ0v) is 14.9. The summed E-state index contributed by atoms with van der Waals surface area (Å²) in [7, 11) is 1.58. The van der Waals surface area contributed by atoms with Gasteiger partial charge in [-0.2, -0.15) is 5.26 Å². The third-order valence-electron chi connectivity index (χ3n) is 3.84. The van der Waals surface area contributed by atoms with Crippen molar-refractivity contribution in [3.63, 3.8) is 0 Å². The Balaban J connectivity index is 1.74. The Morgan fingerprint density at radius 3 is 2.50 bits per heavy atom. The summed E-state index contributed by atoms with van der Waals surface area (Å²) in [5.41, 5.74) is 1.98. The summed E-state index contributed by atoms with van der Waals surface area (Å²) in [6, 6.07) is 19.2. The molecular weight excluding hydrogens is 326 g/mol. The Kier molecular flexibility index (Phi) is 7.75. The number of nitriles is 1. The van der Waals surface area contributed by atoms with E-state index >= 15 is 0 Å². The SMILES string of the molecule is COc1ccc(NC(=O)/C(C#N)=C\NCCCCc2ccccc2)cc1. The van der Waals surface area contributed by atoms with Crippen LogP contribution in [0.4, 0.5) is 5.69 Å². The summed E-state index contributed by atoms with van der Waals surface area (Å²) in [6.45, 7) is 0.716. The number of nitrogens with zero attached hydrogens (tertiary/aromatic N) is 1. The lowest BCUT2D eigenvalue weighted by Gasteiger charge is -2.06. The minimum Gasteiger partial charge on any atom is -0.497 e. The van der Waals surface area contributed by atoms with Crippen LogP contribution in [0.25, 0.3) is 0 Å². The first-order valence-corrected chi connectivity index (χ1v) is 8.56. The Bertz CT molecular complexity index is 762. The molecule has 2 aromatic rings. The molecule has 134 valence electrons. The summed E-state index contributed by atoms with van der Waals surface area (Å²) < 4.78 is 5.07. The Labute approximate surface area is 154 Å². The van der Waals surface area contributed by atoms with Crippen molar-refractivity contribution in [1.29, 1.82) is 5.26 Å². The number of benzene rings is 2. The molecule has 0 fully saturated rings. The van der Waals surface area contributed by atoms with Crippen molar-refractivity contribution >= 4 is 11.6 Å². The highest BCUT2D eigenvalue weighted by Crippen LogP contribution is 2.15. The number of hydrogen-bond donors (Lipinski definition) is 2. The van der Waals surface area contributed by atoms with Gasteiger partial charge in [-0.05, 0) is 49.1 Å². The van der Waals surface area contributed by atoms with E-state index < -0.39 is 5.91 Å². The van der Waals surface area contributed by atoms with Gasteiger partial charge >= 0.3 is 0 Å².